The highest BCUT2D eigenvalue weighted by molar-refractivity contribution is 7.12. The lowest BCUT2D eigenvalue weighted by atomic mass is 10.2. The first-order valence-electron chi connectivity index (χ1n) is 7.97. The summed E-state index contributed by atoms with van der Waals surface area (Å²) in [7, 11) is 0. The van der Waals surface area contributed by atoms with Crippen molar-refractivity contribution < 1.29 is 4.79 Å². The van der Waals surface area contributed by atoms with Crippen LogP contribution in [0.15, 0.2) is 42.7 Å². The van der Waals surface area contributed by atoms with Crippen molar-refractivity contribution in [3.8, 4) is 0 Å². The van der Waals surface area contributed by atoms with Gasteiger partial charge in [0.2, 0.25) is 5.91 Å². The number of hydrogen-bond acceptors (Lipinski definition) is 3. The molecule has 1 saturated carbocycles. The van der Waals surface area contributed by atoms with Crippen molar-refractivity contribution in [2.45, 2.75) is 25.7 Å². The summed E-state index contributed by atoms with van der Waals surface area (Å²) < 4.78 is 2.01. The van der Waals surface area contributed by atoms with Crippen LogP contribution in [0.1, 0.15) is 27.8 Å². The van der Waals surface area contributed by atoms with E-state index >= 15 is 0 Å². The second kappa shape index (κ2) is 5.81. The Morgan fingerprint density at radius 1 is 1.39 bits per heavy atom. The van der Waals surface area contributed by atoms with Crippen LogP contribution in [-0.2, 0) is 11.2 Å². The molecule has 0 bridgehead atoms. The largest absolute Gasteiger partial charge is 0.355 e. The fraction of sp³-hybridized carbons (Fsp3) is 0.333. The van der Waals surface area contributed by atoms with E-state index in [1.54, 1.807) is 0 Å². The Morgan fingerprint density at radius 2 is 2.30 bits per heavy atom. The molecule has 0 spiro atoms. The van der Waals surface area contributed by atoms with Crippen LogP contribution in [0.25, 0.3) is 5.65 Å². The van der Waals surface area contributed by atoms with Crippen LogP contribution in [0.4, 0.5) is 0 Å². The summed E-state index contributed by atoms with van der Waals surface area (Å²) in [4.78, 5) is 19.4. The maximum absolute atomic E-state index is 12.2. The first kappa shape index (κ1) is 14.5. The average molecular weight is 325 g/mol. The zero-order valence-electron chi connectivity index (χ0n) is 13.0. The number of fused-ring (bicyclic) bond motifs is 1. The average Bonchev–Trinajstić information content (AvgIpc) is 3.05. The standard InChI is InChI=1S/C18H19N3OS/c1-12-5-6-16(23-12)14-10-15(14)18(22)19-8-7-13-11-21-9-3-2-4-17(21)20-13/h2-6,9,11,14-15H,7-8,10H2,1H3,(H,19,22). The lowest BCUT2D eigenvalue weighted by molar-refractivity contribution is -0.122. The molecule has 1 N–H and O–H groups in total. The Balaban J connectivity index is 1.29. The molecule has 3 aromatic heterocycles. The molecule has 3 heterocycles. The highest BCUT2D eigenvalue weighted by Crippen LogP contribution is 2.49. The van der Waals surface area contributed by atoms with Crippen molar-refractivity contribution >= 4 is 22.9 Å². The highest BCUT2D eigenvalue weighted by Gasteiger charge is 2.44. The molecule has 0 aliphatic heterocycles. The summed E-state index contributed by atoms with van der Waals surface area (Å²) >= 11 is 1.81. The SMILES string of the molecule is Cc1ccc(C2CC2C(=O)NCCc2cn3ccccc3n2)s1. The van der Waals surface area contributed by atoms with Crippen LogP contribution in [0.2, 0.25) is 0 Å². The molecule has 0 saturated heterocycles. The molecular formula is C18H19N3OS. The van der Waals surface area contributed by atoms with E-state index in [0.717, 1.165) is 24.2 Å². The number of aromatic nitrogens is 2. The lowest BCUT2D eigenvalue weighted by Gasteiger charge is -2.03. The third kappa shape index (κ3) is 3.01. The molecule has 0 radical (unpaired) electrons. The van der Waals surface area contributed by atoms with E-state index in [0.29, 0.717) is 12.5 Å². The molecule has 118 valence electrons. The van der Waals surface area contributed by atoms with Crippen LogP contribution >= 0.6 is 11.3 Å². The monoisotopic (exact) mass is 325 g/mol. The van der Waals surface area contributed by atoms with Crippen LogP contribution in [0, 0.1) is 12.8 Å². The van der Waals surface area contributed by atoms with Gasteiger partial charge in [-0.05, 0) is 37.6 Å². The second-order valence-electron chi connectivity index (χ2n) is 6.14. The van der Waals surface area contributed by atoms with Crippen molar-refractivity contribution in [2.75, 3.05) is 6.54 Å². The third-order valence-electron chi connectivity index (χ3n) is 4.35. The molecule has 23 heavy (non-hydrogen) atoms. The fourth-order valence-corrected chi connectivity index (χ4v) is 4.06. The van der Waals surface area contributed by atoms with Gasteiger partial charge >= 0.3 is 0 Å². The number of hydrogen-bond donors (Lipinski definition) is 1. The molecule has 2 unspecified atom stereocenters. The van der Waals surface area contributed by atoms with Gasteiger partial charge in [0.25, 0.3) is 0 Å². The van der Waals surface area contributed by atoms with Crippen LogP contribution in [0.5, 0.6) is 0 Å². The smallest absolute Gasteiger partial charge is 0.223 e. The highest BCUT2D eigenvalue weighted by atomic mass is 32.1. The first-order valence-corrected chi connectivity index (χ1v) is 8.79. The van der Waals surface area contributed by atoms with Gasteiger partial charge < -0.3 is 9.72 Å². The molecule has 2 atom stereocenters. The molecule has 0 aromatic carbocycles. The van der Waals surface area contributed by atoms with E-state index in [9.17, 15) is 4.79 Å². The zero-order chi connectivity index (χ0) is 15.8. The Hall–Kier alpha value is -2.14. The normalized spacial score (nSPS) is 19.9. The number of pyridine rings is 1. The molecule has 4 nitrogen and oxygen atoms in total. The topological polar surface area (TPSA) is 46.4 Å². The Labute approximate surface area is 139 Å². The number of amides is 1. The van der Waals surface area contributed by atoms with Gasteiger partial charge in [-0.15, -0.1) is 11.3 Å². The van der Waals surface area contributed by atoms with Crippen LogP contribution in [-0.4, -0.2) is 21.8 Å². The second-order valence-corrected chi connectivity index (χ2v) is 7.46. The summed E-state index contributed by atoms with van der Waals surface area (Å²) in [5, 5.41) is 3.06. The van der Waals surface area contributed by atoms with Crippen LogP contribution < -0.4 is 5.32 Å². The zero-order valence-corrected chi connectivity index (χ0v) is 13.8. The molecule has 1 fully saturated rings. The summed E-state index contributed by atoms with van der Waals surface area (Å²) in [6, 6.07) is 10.2. The van der Waals surface area contributed by atoms with Gasteiger partial charge in [-0.3, -0.25) is 4.79 Å². The van der Waals surface area contributed by atoms with Crippen molar-refractivity contribution in [1.82, 2.24) is 14.7 Å². The number of nitrogens with one attached hydrogen (secondary N) is 1. The van der Waals surface area contributed by atoms with Gasteiger partial charge in [-0.1, -0.05) is 6.07 Å². The summed E-state index contributed by atoms with van der Waals surface area (Å²) in [5.41, 5.74) is 1.96. The van der Waals surface area contributed by atoms with Crippen LogP contribution in [0.3, 0.4) is 0 Å². The number of carbonyl (C=O) groups excluding carboxylic acids is 1. The predicted molar refractivity (Wildman–Crippen MR) is 91.8 cm³/mol. The van der Waals surface area contributed by atoms with Crippen molar-refractivity contribution in [2.24, 2.45) is 5.92 Å². The first-order chi connectivity index (χ1) is 11.2. The predicted octanol–water partition coefficient (Wildman–Crippen LogP) is 3.17. The lowest BCUT2D eigenvalue weighted by Crippen LogP contribution is -2.27. The summed E-state index contributed by atoms with van der Waals surface area (Å²) in [6.45, 7) is 2.76. The maximum Gasteiger partial charge on any atom is 0.223 e. The van der Waals surface area contributed by atoms with Crippen molar-refractivity contribution in [3.05, 3.63) is 58.2 Å². The van der Waals surface area contributed by atoms with E-state index in [2.05, 4.69) is 29.4 Å². The summed E-state index contributed by atoms with van der Waals surface area (Å²) in [5.74, 6) is 0.780. The molecule has 4 rings (SSSR count). The van der Waals surface area contributed by atoms with Crippen molar-refractivity contribution in [1.29, 1.82) is 0 Å². The Kier molecular flexibility index (Phi) is 3.65. The minimum Gasteiger partial charge on any atom is -0.355 e. The van der Waals surface area contributed by atoms with E-state index in [4.69, 9.17) is 0 Å². The maximum atomic E-state index is 12.2. The third-order valence-corrected chi connectivity index (χ3v) is 5.48. The number of thiophene rings is 1. The number of nitrogens with zero attached hydrogens (tertiary/aromatic N) is 2. The molecule has 5 heteroatoms. The van der Waals surface area contributed by atoms with E-state index in [-0.39, 0.29) is 11.8 Å². The Morgan fingerprint density at radius 3 is 3.09 bits per heavy atom. The van der Waals surface area contributed by atoms with Gasteiger partial charge in [-0.2, -0.15) is 0 Å². The minimum absolute atomic E-state index is 0.161. The van der Waals surface area contributed by atoms with E-state index in [1.807, 2.05) is 46.3 Å². The molecule has 1 aliphatic carbocycles. The number of imidazole rings is 1. The molecule has 1 amide bonds. The van der Waals surface area contributed by atoms with Gasteiger partial charge in [0.1, 0.15) is 5.65 Å². The minimum atomic E-state index is 0.161. The molecule has 1 aliphatic rings. The van der Waals surface area contributed by atoms with Gasteiger partial charge in [0, 0.05) is 46.9 Å². The molecular weight excluding hydrogens is 306 g/mol. The number of carbonyl (C=O) groups is 1. The van der Waals surface area contributed by atoms with Crippen molar-refractivity contribution in [3.63, 3.8) is 0 Å². The number of aryl methyl sites for hydroxylation is 1. The van der Waals surface area contributed by atoms with Gasteiger partial charge in [0.15, 0.2) is 0 Å². The fourth-order valence-electron chi connectivity index (χ4n) is 3.00. The molecule has 3 aromatic rings. The number of rotatable bonds is 5. The quantitative estimate of drug-likeness (QED) is 0.783. The van der Waals surface area contributed by atoms with Gasteiger partial charge in [0.05, 0.1) is 5.69 Å². The Bertz CT molecular complexity index is 818. The van der Waals surface area contributed by atoms with Gasteiger partial charge in [-0.25, -0.2) is 4.98 Å². The van der Waals surface area contributed by atoms with E-state index < -0.39 is 0 Å². The summed E-state index contributed by atoms with van der Waals surface area (Å²) in [6.07, 6.45) is 5.77. The van der Waals surface area contributed by atoms with E-state index in [1.165, 1.54) is 9.75 Å².